The van der Waals surface area contributed by atoms with Gasteiger partial charge >= 0.3 is 5.97 Å². The first kappa shape index (κ1) is 20.6. The summed E-state index contributed by atoms with van der Waals surface area (Å²) in [6.45, 7) is 4.46. The molecule has 0 saturated carbocycles. The second-order valence-corrected chi connectivity index (χ2v) is 8.36. The number of ether oxygens (including phenoxy) is 1. The van der Waals surface area contributed by atoms with Gasteiger partial charge in [0.1, 0.15) is 0 Å². The molecule has 4 rings (SSSR count). The Labute approximate surface area is 182 Å². The van der Waals surface area contributed by atoms with Crippen LogP contribution in [0.4, 0.5) is 5.69 Å². The first-order chi connectivity index (χ1) is 14.9. The molecule has 0 saturated heterocycles. The number of nitrogens with one attached hydrogen (secondary N) is 1. The predicted molar refractivity (Wildman–Crippen MR) is 123 cm³/mol. The summed E-state index contributed by atoms with van der Waals surface area (Å²) in [6.07, 6.45) is 3.22. The number of esters is 1. The molecule has 1 aliphatic carbocycles. The molecule has 0 aliphatic heterocycles. The number of carbonyl (C=O) groups excluding carboxylic acids is 2. The fourth-order valence-electron chi connectivity index (χ4n) is 3.98. The first-order valence-corrected chi connectivity index (χ1v) is 10.3. The Morgan fingerprint density at radius 3 is 2.26 bits per heavy atom. The maximum absolute atomic E-state index is 13.0. The molecule has 0 fully saturated rings. The van der Waals surface area contributed by atoms with Gasteiger partial charge in [-0.15, -0.1) is 0 Å². The summed E-state index contributed by atoms with van der Waals surface area (Å²) in [6, 6.07) is 22.9. The van der Waals surface area contributed by atoms with Gasteiger partial charge in [0, 0.05) is 11.3 Å². The van der Waals surface area contributed by atoms with Gasteiger partial charge in [0.05, 0.1) is 12.7 Å². The fourth-order valence-corrected chi connectivity index (χ4v) is 3.98. The topological polar surface area (TPSA) is 55.4 Å². The number of allylic oxidation sites excluding steroid dienone is 1. The Kier molecular flexibility index (Phi) is 5.47. The molecule has 4 nitrogen and oxygen atoms in total. The summed E-state index contributed by atoms with van der Waals surface area (Å²) in [4.78, 5) is 24.5. The zero-order chi connectivity index (χ0) is 22.0. The van der Waals surface area contributed by atoms with Crippen molar-refractivity contribution in [1.29, 1.82) is 0 Å². The molecule has 1 aliphatic rings. The molecule has 0 atom stereocenters. The Morgan fingerprint density at radius 1 is 0.903 bits per heavy atom. The largest absolute Gasteiger partial charge is 0.465 e. The summed E-state index contributed by atoms with van der Waals surface area (Å²) >= 11 is 0. The molecule has 4 heteroatoms. The first-order valence-electron chi connectivity index (χ1n) is 10.3. The molecule has 0 radical (unpaired) electrons. The Hall–Kier alpha value is -3.66. The molecule has 156 valence electrons. The van der Waals surface area contributed by atoms with E-state index in [0.29, 0.717) is 16.8 Å². The lowest BCUT2D eigenvalue weighted by atomic mass is 9.72. The molecule has 0 bridgehead atoms. The van der Waals surface area contributed by atoms with Crippen molar-refractivity contribution in [2.75, 3.05) is 12.4 Å². The van der Waals surface area contributed by atoms with Gasteiger partial charge in [-0.1, -0.05) is 56.3 Å². The number of hydrogen-bond acceptors (Lipinski definition) is 3. The average molecular weight is 412 g/mol. The van der Waals surface area contributed by atoms with Crippen molar-refractivity contribution in [3.8, 4) is 0 Å². The van der Waals surface area contributed by atoms with E-state index in [1.54, 1.807) is 24.3 Å². The van der Waals surface area contributed by atoms with Crippen LogP contribution in [0.5, 0.6) is 0 Å². The molecule has 3 aromatic carbocycles. The maximum Gasteiger partial charge on any atom is 0.337 e. The minimum absolute atomic E-state index is 0.00629. The highest BCUT2D eigenvalue weighted by Crippen LogP contribution is 2.41. The van der Waals surface area contributed by atoms with Gasteiger partial charge in [-0.25, -0.2) is 4.79 Å². The van der Waals surface area contributed by atoms with E-state index in [4.69, 9.17) is 4.74 Å². The SMILES string of the molecule is COC(=O)c1ccc(NC(=O)c2ccc3c(c2)C(c2ccccc2)=CCC3(C)C)cc1. The Bertz CT molecular complexity index is 1160. The van der Waals surface area contributed by atoms with Crippen molar-refractivity contribution >= 4 is 23.1 Å². The molecule has 0 heterocycles. The molecular weight excluding hydrogens is 386 g/mol. The predicted octanol–water partition coefficient (Wildman–Crippen LogP) is 5.84. The Balaban J connectivity index is 1.64. The van der Waals surface area contributed by atoms with Gasteiger partial charge in [0.2, 0.25) is 0 Å². The van der Waals surface area contributed by atoms with Crippen LogP contribution in [0.25, 0.3) is 5.57 Å². The van der Waals surface area contributed by atoms with Crippen LogP contribution in [0.15, 0.2) is 78.9 Å². The lowest BCUT2D eigenvalue weighted by molar-refractivity contribution is 0.0600. The van der Waals surface area contributed by atoms with Gasteiger partial charge in [-0.05, 0) is 70.5 Å². The lowest BCUT2D eigenvalue weighted by Gasteiger charge is -2.32. The zero-order valence-electron chi connectivity index (χ0n) is 17.9. The van der Waals surface area contributed by atoms with E-state index in [2.05, 4.69) is 43.4 Å². The van der Waals surface area contributed by atoms with E-state index in [9.17, 15) is 9.59 Å². The number of methoxy groups -OCH3 is 1. The van der Waals surface area contributed by atoms with Crippen LogP contribution in [0.3, 0.4) is 0 Å². The molecule has 0 unspecified atom stereocenters. The minimum Gasteiger partial charge on any atom is -0.465 e. The number of hydrogen-bond donors (Lipinski definition) is 1. The summed E-state index contributed by atoms with van der Waals surface area (Å²) < 4.78 is 4.71. The third-order valence-electron chi connectivity index (χ3n) is 5.77. The van der Waals surface area contributed by atoms with Crippen LogP contribution >= 0.6 is 0 Å². The second-order valence-electron chi connectivity index (χ2n) is 8.36. The highest BCUT2D eigenvalue weighted by molar-refractivity contribution is 6.05. The summed E-state index contributed by atoms with van der Waals surface area (Å²) in [5, 5.41) is 2.91. The van der Waals surface area contributed by atoms with Gasteiger partial charge < -0.3 is 10.1 Å². The maximum atomic E-state index is 13.0. The minimum atomic E-state index is -0.407. The monoisotopic (exact) mass is 411 g/mol. The van der Waals surface area contributed by atoms with E-state index in [0.717, 1.165) is 23.1 Å². The van der Waals surface area contributed by atoms with Gasteiger partial charge in [-0.2, -0.15) is 0 Å². The fraction of sp³-hybridized carbons (Fsp3) is 0.185. The normalized spacial score (nSPS) is 14.2. The Morgan fingerprint density at radius 2 is 1.58 bits per heavy atom. The third-order valence-corrected chi connectivity index (χ3v) is 5.77. The van der Waals surface area contributed by atoms with Gasteiger partial charge in [-0.3, -0.25) is 4.79 Å². The van der Waals surface area contributed by atoms with Gasteiger partial charge in [0.25, 0.3) is 5.91 Å². The van der Waals surface area contributed by atoms with Crippen molar-refractivity contribution in [3.63, 3.8) is 0 Å². The molecule has 1 amide bonds. The van der Waals surface area contributed by atoms with Crippen LogP contribution in [0, 0.1) is 0 Å². The number of anilines is 1. The number of benzene rings is 3. The molecule has 1 N–H and O–H groups in total. The van der Waals surface area contributed by atoms with E-state index in [-0.39, 0.29) is 11.3 Å². The quantitative estimate of drug-likeness (QED) is 0.549. The molecular formula is C27H25NO3. The second kappa shape index (κ2) is 8.23. The standard InChI is InChI=1S/C27H25NO3/c1-27(2)16-15-22(18-7-5-4-6-8-18)23-17-20(11-14-24(23)27)25(29)28-21-12-9-19(10-13-21)26(30)31-3/h4-15,17H,16H2,1-3H3,(H,28,29). The van der Waals surface area contributed by atoms with Crippen LogP contribution in [-0.4, -0.2) is 19.0 Å². The van der Waals surface area contributed by atoms with Crippen molar-refractivity contribution < 1.29 is 14.3 Å². The van der Waals surface area contributed by atoms with E-state index >= 15 is 0 Å². The van der Waals surface area contributed by atoms with E-state index in [1.165, 1.54) is 12.7 Å². The van der Waals surface area contributed by atoms with Crippen LogP contribution in [0.2, 0.25) is 0 Å². The molecule has 0 spiro atoms. The van der Waals surface area contributed by atoms with E-state index < -0.39 is 5.97 Å². The van der Waals surface area contributed by atoms with E-state index in [1.807, 2.05) is 30.3 Å². The molecule has 3 aromatic rings. The van der Waals surface area contributed by atoms with Crippen molar-refractivity contribution in [2.45, 2.75) is 25.7 Å². The smallest absolute Gasteiger partial charge is 0.337 e. The van der Waals surface area contributed by atoms with Crippen molar-refractivity contribution in [3.05, 3.63) is 107 Å². The van der Waals surface area contributed by atoms with Gasteiger partial charge in [0.15, 0.2) is 0 Å². The number of carbonyl (C=O) groups is 2. The highest BCUT2D eigenvalue weighted by Gasteiger charge is 2.29. The highest BCUT2D eigenvalue weighted by atomic mass is 16.5. The van der Waals surface area contributed by atoms with Crippen LogP contribution < -0.4 is 5.32 Å². The lowest BCUT2D eigenvalue weighted by Crippen LogP contribution is -2.23. The molecule has 31 heavy (non-hydrogen) atoms. The van der Waals surface area contributed by atoms with Crippen molar-refractivity contribution in [1.82, 2.24) is 0 Å². The zero-order valence-corrected chi connectivity index (χ0v) is 17.9. The van der Waals surface area contributed by atoms with Crippen LogP contribution in [0.1, 0.15) is 57.7 Å². The number of fused-ring (bicyclic) bond motifs is 1. The summed E-state index contributed by atoms with van der Waals surface area (Å²) in [5.74, 6) is -0.597. The third kappa shape index (κ3) is 4.15. The number of amides is 1. The number of rotatable bonds is 4. The summed E-state index contributed by atoms with van der Waals surface area (Å²) in [7, 11) is 1.34. The van der Waals surface area contributed by atoms with Crippen molar-refractivity contribution in [2.24, 2.45) is 0 Å². The molecule has 0 aromatic heterocycles. The average Bonchev–Trinajstić information content (AvgIpc) is 2.79. The summed E-state index contributed by atoms with van der Waals surface area (Å²) in [5.41, 5.74) is 6.30. The van der Waals surface area contributed by atoms with Crippen LogP contribution in [-0.2, 0) is 10.2 Å².